The lowest BCUT2D eigenvalue weighted by atomic mass is 10.0. The third-order valence-electron chi connectivity index (χ3n) is 10.6. The molecule has 324 valence electrons. The van der Waals surface area contributed by atoms with Gasteiger partial charge in [-0.3, -0.25) is 48.4 Å². The number of H-pyrrole nitrogens is 2. The van der Waals surface area contributed by atoms with Gasteiger partial charge in [0.2, 0.25) is 11.8 Å². The van der Waals surface area contributed by atoms with Crippen LogP contribution >= 0.6 is 0 Å². The van der Waals surface area contributed by atoms with Gasteiger partial charge >= 0.3 is 23.9 Å². The number of hydrogen-bond donors (Lipinski definition) is 10. The highest BCUT2D eigenvalue weighted by molar-refractivity contribution is 5.90. The number of aromatic nitrogens is 2. The predicted octanol–water partition coefficient (Wildman–Crippen LogP) is 0.155. The number of carbonyl (C=O) groups is 6. The van der Waals surface area contributed by atoms with Crippen LogP contribution in [0.1, 0.15) is 24.0 Å². The average Bonchev–Trinajstić information content (AvgIpc) is 3.77. The van der Waals surface area contributed by atoms with Crippen LogP contribution in [0.15, 0.2) is 48.8 Å². The Kier molecular flexibility index (Phi) is 15.8. The SMILES string of the molecule is O=C(O)CN1CCN(CC(=O)O)CCN(C(CCC(=O)N[C@@H](Cc2c[nH]c3ccc(O)cc23)C(=O)NCCc2c[nH]c3ccc(O)cc23)C(=O)O)CCN(CC(=O)O)CC1. The first-order valence-corrected chi connectivity index (χ1v) is 19.6. The molecule has 0 bridgehead atoms. The third-order valence-corrected chi connectivity index (χ3v) is 10.6. The van der Waals surface area contributed by atoms with Crippen molar-refractivity contribution in [3.05, 3.63) is 59.9 Å². The van der Waals surface area contributed by atoms with Crippen LogP contribution in [0.5, 0.6) is 11.5 Å². The molecule has 1 saturated heterocycles. The van der Waals surface area contributed by atoms with Crippen molar-refractivity contribution in [3.8, 4) is 11.5 Å². The maximum Gasteiger partial charge on any atom is 0.320 e. The fourth-order valence-electron chi connectivity index (χ4n) is 7.49. The van der Waals surface area contributed by atoms with Gasteiger partial charge in [0.15, 0.2) is 0 Å². The maximum absolute atomic E-state index is 13.8. The van der Waals surface area contributed by atoms with Gasteiger partial charge in [-0.25, -0.2) is 0 Å². The summed E-state index contributed by atoms with van der Waals surface area (Å²) in [6.45, 7) is -0.00834. The second-order valence-corrected chi connectivity index (χ2v) is 14.9. The van der Waals surface area contributed by atoms with Crippen LogP contribution in [-0.2, 0) is 41.6 Å². The van der Waals surface area contributed by atoms with Crippen molar-refractivity contribution in [1.82, 2.24) is 40.2 Å². The summed E-state index contributed by atoms with van der Waals surface area (Å²) >= 11 is 0. The van der Waals surface area contributed by atoms with Crippen LogP contribution in [0.4, 0.5) is 0 Å². The van der Waals surface area contributed by atoms with Gasteiger partial charge in [-0.05, 0) is 60.4 Å². The molecule has 10 N–H and O–H groups in total. The molecule has 4 aromatic rings. The number of phenols is 2. The molecule has 3 heterocycles. The molecule has 20 heteroatoms. The Labute approximate surface area is 344 Å². The number of carbonyl (C=O) groups excluding carboxylic acids is 2. The normalized spacial score (nSPS) is 16.4. The molecule has 2 amide bonds. The third kappa shape index (κ3) is 13.1. The van der Waals surface area contributed by atoms with Crippen LogP contribution in [0.25, 0.3) is 21.8 Å². The topological polar surface area (TPSA) is 292 Å². The molecular formula is C40H52N8O12. The highest BCUT2D eigenvalue weighted by Gasteiger charge is 2.30. The number of hydrogen-bond acceptors (Lipinski definition) is 12. The molecule has 60 heavy (non-hydrogen) atoms. The van der Waals surface area contributed by atoms with Crippen LogP contribution in [-0.4, -0.2) is 187 Å². The maximum atomic E-state index is 13.8. The molecule has 2 aromatic heterocycles. The van der Waals surface area contributed by atoms with Gasteiger partial charge in [0.25, 0.3) is 0 Å². The first-order valence-electron chi connectivity index (χ1n) is 19.6. The lowest BCUT2D eigenvalue weighted by Gasteiger charge is -2.35. The molecule has 2 aromatic carbocycles. The predicted molar refractivity (Wildman–Crippen MR) is 217 cm³/mol. The van der Waals surface area contributed by atoms with E-state index in [1.165, 1.54) is 6.07 Å². The Morgan fingerprint density at radius 2 is 1.12 bits per heavy atom. The number of aromatic amines is 2. The summed E-state index contributed by atoms with van der Waals surface area (Å²) in [6.07, 6.45) is 3.38. The molecule has 1 fully saturated rings. The largest absolute Gasteiger partial charge is 0.508 e. The zero-order valence-electron chi connectivity index (χ0n) is 33.0. The van der Waals surface area contributed by atoms with E-state index in [2.05, 4.69) is 20.6 Å². The van der Waals surface area contributed by atoms with E-state index < -0.39 is 47.8 Å². The molecule has 1 aliphatic rings. The highest BCUT2D eigenvalue weighted by atomic mass is 16.4. The van der Waals surface area contributed by atoms with Gasteiger partial charge in [0.1, 0.15) is 23.6 Å². The number of carboxylic acid groups (broad SMARTS) is 4. The first-order chi connectivity index (χ1) is 28.6. The second-order valence-electron chi connectivity index (χ2n) is 14.9. The number of rotatable bonds is 18. The molecule has 0 radical (unpaired) electrons. The molecule has 20 nitrogen and oxygen atoms in total. The minimum atomic E-state index is -1.25. The van der Waals surface area contributed by atoms with Gasteiger partial charge in [0, 0.05) is 106 Å². The smallest absolute Gasteiger partial charge is 0.320 e. The summed E-state index contributed by atoms with van der Waals surface area (Å²) in [5.41, 5.74) is 3.01. The minimum Gasteiger partial charge on any atom is -0.508 e. The van der Waals surface area contributed by atoms with Gasteiger partial charge in [-0.1, -0.05) is 0 Å². The summed E-state index contributed by atoms with van der Waals surface area (Å²) < 4.78 is 0. The Bertz CT molecular complexity index is 2120. The fraction of sp³-hybridized carbons (Fsp3) is 0.450. The van der Waals surface area contributed by atoms with Crippen molar-refractivity contribution < 1.29 is 59.4 Å². The van der Waals surface area contributed by atoms with Gasteiger partial charge < -0.3 is 51.2 Å². The number of phenolic OH excluding ortho intramolecular Hbond substituents is 2. The van der Waals surface area contributed by atoms with Crippen molar-refractivity contribution in [3.63, 3.8) is 0 Å². The Hall–Kier alpha value is -6.22. The zero-order chi connectivity index (χ0) is 43.3. The number of carboxylic acids is 4. The zero-order valence-corrected chi connectivity index (χ0v) is 33.0. The van der Waals surface area contributed by atoms with Crippen LogP contribution in [0, 0.1) is 0 Å². The van der Waals surface area contributed by atoms with E-state index in [9.17, 15) is 59.4 Å². The Morgan fingerprint density at radius 3 is 1.60 bits per heavy atom. The number of aromatic hydroxyl groups is 2. The fourth-order valence-corrected chi connectivity index (χ4v) is 7.49. The Balaban J connectivity index is 1.30. The van der Waals surface area contributed by atoms with E-state index in [1.807, 2.05) is 0 Å². The van der Waals surface area contributed by atoms with Crippen LogP contribution in [0.2, 0.25) is 0 Å². The summed E-state index contributed by atoms with van der Waals surface area (Å²) in [7, 11) is 0. The van der Waals surface area contributed by atoms with Gasteiger partial charge in [-0.15, -0.1) is 0 Å². The molecule has 1 aliphatic heterocycles. The second kappa shape index (κ2) is 21.2. The molecular weight excluding hydrogens is 784 g/mol. The molecule has 5 rings (SSSR count). The quantitative estimate of drug-likeness (QED) is 0.0639. The van der Waals surface area contributed by atoms with Crippen molar-refractivity contribution in [2.75, 3.05) is 78.5 Å². The van der Waals surface area contributed by atoms with Crippen molar-refractivity contribution in [2.45, 2.75) is 37.8 Å². The average molecular weight is 837 g/mol. The van der Waals surface area contributed by atoms with Gasteiger partial charge in [-0.2, -0.15) is 0 Å². The van der Waals surface area contributed by atoms with E-state index in [4.69, 9.17) is 0 Å². The van der Waals surface area contributed by atoms with Crippen LogP contribution < -0.4 is 10.6 Å². The number of nitrogens with one attached hydrogen (secondary N) is 4. The van der Waals surface area contributed by atoms with E-state index in [1.54, 1.807) is 62.3 Å². The van der Waals surface area contributed by atoms with E-state index >= 15 is 0 Å². The lowest BCUT2D eigenvalue weighted by molar-refractivity contribution is -0.145. The van der Waals surface area contributed by atoms with E-state index in [0.29, 0.717) is 22.9 Å². The van der Waals surface area contributed by atoms with E-state index in [-0.39, 0.29) is 109 Å². The highest BCUT2D eigenvalue weighted by Crippen LogP contribution is 2.25. The Morgan fingerprint density at radius 1 is 0.650 bits per heavy atom. The lowest BCUT2D eigenvalue weighted by Crippen LogP contribution is -2.52. The number of aliphatic carboxylic acids is 4. The van der Waals surface area contributed by atoms with Crippen molar-refractivity contribution in [1.29, 1.82) is 0 Å². The number of benzene rings is 2. The summed E-state index contributed by atoms with van der Waals surface area (Å²) in [5, 5.41) is 66.2. The number of amides is 2. The standard InChI is InChI=1S/C40H52N8O12/c49-27-1-3-31-29(18-27)25(20-42-31)7-8-41-39(58)33(17-26-21-43-32-4-2-28(50)19-30(26)32)44-35(51)6-5-34(40(59)60)48-15-13-46(23-37(54)55)11-9-45(22-36(52)53)10-12-47(14-16-48)24-38(56)57/h1-4,18-21,33-34,42-43,49-50H,5-17,22-24H2,(H,41,58)(H,44,51)(H,52,53)(H,54,55)(H,56,57)(H,59,60)/t33-,34?/m0/s1. The first kappa shape index (κ1) is 44.9. The molecule has 1 unspecified atom stereocenters. The van der Waals surface area contributed by atoms with E-state index in [0.717, 1.165) is 16.5 Å². The monoisotopic (exact) mass is 836 g/mol. The minimum absolute atomic E-state index is 0.0110. The molecule has 2 atom stereocenters. The molecule has 0 spiro atoms. The van der Waals surface area contributed by atoms with Crippen LogP contribution in [0.3, 0.4) is 0 Å². The van der Waals surface area contributed by atoms with Gasteiger partial charge in [0.05, 0.1) is 19.6 Å². The number of fused-ring (bicyclic) bond motifs is 2. The molecule has 0 aliphatic carbocycles. The van der Waals surface area contributed by atoms with Crippen molar-refractivity contribution >= 4 is 57.5 Å². The summed E-state index contributed by atoms with van der Waals surface area (Å²) in [4.78, 5) is 87.7. The number of nitrogens with zero attached hydrogens (tertiary/aromatic N) is 4. The molecule has 0 saturated carbocycles. The van der Waals surface area contributed by atoms with Crippen molar-refractivity contribution in [2.24, 2.45) is 0 Å². The summed E-state index contributed by atoms with van der Waals surface area (Å²) in [5.74, 6) is -5.60. The summed E-state index contributed by atoms with van der Waals surface area (Å²) in [6, 6.07) is 7.31.